The van der Waals surface area contributed by atoms with Gasteiger partial charge in [-0.3, -0.25) is 14.5 Å². The van der Waals surface area contributed by atoms with Crippen molar-refractivity contribution in [2.24, 2.45) is 0 Å². The molecule has 0 bridgehead atoms. The summed E-state index contributed by atoms with van der Waals surface area (Å²) in [6.45, 7) is 1.89. The van der Waals surface area contributed by atoms with Crippen molar-refractivity contribution >= 4 is 34.2 Å². The quantitative estimate of drug-likeness (QED) is 0.400. The Kier molecular flexibility index (Phi) is 5.10. The molecule has 3 aromatic carbocycles. The van der Waals surface area contributed by atoms with E-state index in [1.165, 1.54) is 7.11 Å². The second-order valence-corrected chi connectivity index (χ2v) is 8.20. The van der Waals surface area contributed by atoms with E-state index in [2.05, 4.69) is 0 Å². The summed E-state index contributed by atoms with van der Waals surface area (Å²) in [6, 6.07) is 16.9. The second-order valence-electron chi connectivity index (χ2n) is 7.80. The molecule has 33 heavy (non-hydrogen) atoms. The number of carbonyl (C=O) groups is 1. The van der Waals surface area contributed by atoms with Crippen LogP contribution in [0.25, 0.3) is 11.0 Å². The number of hydrogen-bond acceptors (Lipinski definition) is 5. The predicted octanol–water partition coefficient (Wildman–Crippen LogP) is 5.52. The third-order valence-electron chi connectivity index (χ3n) is 5.93. The Morgan fingerprint density at radius 2 is 1.70 bits per heavy atom. The average Bonchev–Trinajstić information content (AvgIpc) is 3.13. The molecule has 0 fully saturated rings. The summed E-state index contributed by atoms with van der Waals surface area (Å²) in [6.07, 6.45) is 0. The van der Waals surface area contributed by atoms with Crippen LogP contribution in [0.3, 0.4) is 0 Å². The van der Waals surface area contributed by atoms with E-state index < -0.39 is 11.9 Å². The van der Waals surface area contributed by atoms with E-state index in [-0.39, 0.29) is 16.8 Å². The predicted molar refractivity (Wildman–Crippen MR) is 127 cm³/mol. The number of rotatable bonds is 4. The first-order valence-corrected chi connectivity index (χ1v) is 10.7. The molecule has 1 atom stereocenters. The highest BCUT2D eigenvalue weighted by molar-refractivity contribution is 6.31. The van der Waals surface area contributed by atoms with Gasteiger partial charge in [0.1, 0.15) is 5.58 Å². The van der Waals surface area contributed by atoms with Crippen LogP contribution in [0.5, 0.6) is 11.5 Å². The van der Waals surface area contributed by atoms with Gasteiger partial charge in [-0.1, -0.05) is 35.9 Å². The molecule has 0 saturated carbocycles. The van der Waals surface area contributed by atoms with Crippen molar-refractivity contribution < 1.29 is 18.7 Å². The molecule has 1 aromatic heterocycles. The van der Waals surface area contributed by atoms with Crippen LogP contribution < -0.4 is 19.8 Å². The average molecular weight is 462 g/mol. The molecule has 0 radical (unpaired) electrons. The highest BCUT2D eigenvalue weighted by atomic mass is 35.5. The van der Waals surface area contributed by atoms with Gasteiger partial charge in [0.25, 0.3) is 5.91 Å². The number of halogens is 1. The van der Waals surface area contributed by atoms with E-state index in [4.69, 9.17) is 25.5 Å². The summed E-state index contributed by atoms with van der Waals surface area (Å²) in [7, 11) is 3.09. The number of para-hydroxylation sites is 1. The van der Waals surface area contributed by atoms with Gasteiger partial charge in [0.2, 0.25) is 5.76 Å². The third kappa shape index (κ3) is 3.26. The molecule has 0 spiro atoms. The van der Waals surface area contributed by atoms with Crippen LogP contribution in [0.1, 0.15) is 33.3 Å². The maximum atomic E-state index is 13.6. The number of fused-ring (bicyclic) bond motifs is 2. The maximum Gasteiger partial charge on any atom is 0.295 e. The third-order valence-corrected chi connectivity index (χ3v) is 6.34. The van der Waals surface area contributed by atoms with E-state index in [0.29, 0.717) is 38.7 Å². The minimum atomic E-state index is -0.730. The molecule has 1 aliphatic heterocycles. The Morgan fingerprint density at radius 3 is 2.42 bits per heavy atom. The number of methoxy groups -OCH3 is 2. The molecule has 1 amide bonds. The number of ether oxygens (including phenoxy) is 2. The standard InChI is InChI=1S/C26H20ClNO5/c1-14-8-10-16(13-18(14)27)28-23(15-9-11-20(31-2)21(12-15)32-3)22-24(29)17-6-4-5-7-19(17)33-25(22)26(28)30/h4-13,23H,1-3H3. The highest BCUT2D eigenvalue weighted by Crippen LogP contribution is 2.43. The Hall–Kier alpha value is -3.77. The minimum absolute atomic E-state index is 0.0233. The first-order valence-electron chi connectivity index (χ1n) is 10.3. The monoisotopic (exact) mass is 461 g/mol. The number of nitrogens with zero attached hydrogens (tertiary/aromatic N) is 1. The van der Waals surface area contributed by atoms with Crippen LogP contribution in [0.15, 0.2) is 69.9 Å². The summed E-state index contributed by atoms with van der Waals surface area (Å²) in [4.78, 5) is 28.8. The first kappa shape index (κ1) is 21.1. The molecule has 6 nitrogen and oxygen atoms in total. The molecule has 1 aliphatic rings. The Balaban J connectivity index is 1.81. The Morgan fingerprint density at radius 1 is 0.939 bits per heavy atom. The summed E-state index contributed by atoms with van der Waals surface area (Å²) < 4.78 is 16.8. The lowest BCUT2D eigenvalue weighted by molar-refractivity contribution is 0.0971. The smallest absolute Gasteiger partial charge is 0.295 e. The lowest BCUT2D eigenvalue weighted by Gasteiger charge is -2.26. The molecular formula is C26H20ClNO5. The SMILES string of the molecule is COc1ccc(C2c3c(oc4ccccc4c3=O)C(=O)N2c2ccc(C)c(Cl)c2)cc1OC. The number of aryl methyl sites for hydroxylation is 1. The van der Waals surface area contributed by atoms with Gasteiger partial charge >= 0.3 is 0 Å². The van der Waals surface area contributed by atoms with E-state index in [0.717, 1.165) is 5.56 Å². The highest BCUT2D eigenvalue weighted by Gasteiger charge is 2.44. The maximum absolute atomic E-state index is 13.6. The number of benzene rings is 3. The largest absolute Gasteiger partial charge is 0.493 e. The van der Waals surface area contributed by atoms with Crippen molar-refractivity contribution in [3.05, 3.63) is 98.4 Å². The summed E-state index contributed by atoms with van der Waals surface area (Å²) in [5.41, 5.74) is 2.52. The van der Waals surface area contributed by atoms with Crippen LogP contribution in [0, 0.1) is 6.92 Å². The van der Waals surface area contributed by atoms with Crippen molar-refractivity contribution in [2.45, 2.75) is 13.0 Å². The van der Waals surface area contributed by atoms with Gasteiger partial charge in [0.15, 0.2) is 16.9 Å². The Bertz CT molecular complexity index is 1480. The summed E-state index contributed by atoms with van der Waals surface area (Å²) in [5, 5.41) is 0.935. The molecule has 2 heterocycles. The molecule has 1 unspecified atom stereocenters. The van der Waals surface area contributed by atoms with Crippen molar-refractivity contribution in [2.75, 3.05) is 19.1 Å². The van der Waals surface area contributed by atoms with Crippen LogP contribution in [0.4, 0.5) is 5.69 Å². The molecule has 7 heteroatoms. The summed E-state index contributed by atoms with van der Waals surface area (Å²) >= 11 is 6.39. The molecule has 166 valence electrons. The molecule has 0 aliphatic carbocycles. The number of hydrogen-bond donors (Lipinski definition) is 0. The fourth-order valence-electron chi connectivity index (χ4n) is 4.26. The molecule has 5 rings (SSSR count). The fraction of sp³-hybridized carbons (Fsp3) is 0.154. The van der Waals surface area contributed by atoms with Gasteiger partial charge in [-0.25, -0.2) is 0 Å². The van der Waals surface area contributed by atoms with Gasteiger partial charge in [0, 0.05) is 10.7 Å². The van der Waals surface area contributed by atoms with E-state index in [1.807, 2.05) is 25.1 Å². The topological polar surface area (TPSA) is 69.0 Å². The molecule has 0 N–H and O–H groups in total. The fourth-order valence-corrected chi connectivity index (χ4v) is 4.43. The van der Waals surface area contributed by atoms with Crippen molar-refractivity contribution in [3.8, 4) is 11.5 Å². The molecule has 4 aromatic rings. The zero-order valence-corrected chi connectivity index (χ0v) is 19.0. The van der Waals surface area contributed by atoms with E-state index in [9.17, 15) is 9.59 Å². The lowest BCUT2D eigenvalue weighted by Crippen LogP contribution is -2.29. The van der Waals surface area contributed by atoms with Crippen LogP contribution in [-0.2, 0) is 0 Å². The number of carbonyl (C=O) groups excluding carboxylic acids is 1. The van der Waals surface area contributed by atoms with Crippen LogP contribution in [-0.4, -0.2) is 20.1 Å². The number of amides is 1. The van der Waals surface area contributed by atoms with Crippen LogP contribution >= 0.6 is 11.6 Å². The normalized spacial score (nSPS) is 15.1. The van der Waals surface area contributed by atoms with Crippen molar-refractivity contribution in [3.63, 3.8) is 0 Å². The van der Waals surface area contributed by atoms with Crippen molar-refractivity contribution in [1.82, 2.24) is 0 Å². The van der Waals surface area contributed by atoms with Gasteiger partial charge in [-0.15, -0.1) is 0 Å². The molecule has 0 saturated heterocycles. The summed E-state index contributed by atoms with van der Waals surface area (Å²) in [5.74, 6) is 0.645. The second kappa shape index (κ2) is 7.98. The van der Waals surface area contributed by atoms with Gasteiger partial charge in [0.05, 0.1) is 31.2 Å². The van der Waals surface area contributed by atoms with Crippen molar-refractivity contribution in [1.29, 1.82) is 0 Å². The van der Waals surface area contributed by atoms with Gasteiger partial charge in [-0.2, -0.15) is 0 Å². The first-order chi connectivity index (χ1) is 15.9. The van der Waals surface area contributed by atoms with E-state index in [1.54, 1.807) is 54.5 Å². The van der Waals surface area contributed by atoms with E-state index >= 15 is 0 Å². The molecular weight excluding hydrogens is 442 g/mol. The van der Waals surface area contributed by atoms with Gasteiger partial charge < -0.3 is 13.9 Å². The lowest BCUT2D eigenvalue weighted by atomic mass is 9.97. The minimum Gasteiger partial charge on any atom is -0.493 e. The zero-order chi connectivity index (χ0) is 23.3. The zero-order valence-electron chi connectivity index (χ0n) is 18.2. The van der Waals surface area contributed by atoms with Crippen LogP contribution in [0.2, 0.25) is 5.02 Å². The Labute approximate surface area is 194 Å². The number of anilines is 1. The van der Waals surface area contributed by atoms with Gasteiger partial charge in [-0.05, 0) is 54.4 Å².